The standard InChI is InChI=1S/C16H26BrN3/c1-9(2)11-5-7-12(8-6-11)16-19-14(10(3)4)13(17)15(18)20-16/h9-12H,5-8H2,1-4H3,(H2,18,19,20). The maximum atomic E-state index is 6.04. The minimum Gasteiger partial charge on any atom is -0.383 e. The molecule has 1 aromatic heterocycles. The third-order valence-corrected chi connectivity index (χ3v) is 5.36. The van der Waals surface area contributed by atoms with Gasteiger partial charge in [-0.15, -0.1) is 0 Å². The second kappa shape index (κ2) is 6.42. The lowest BCUT2D eigenvalue weighted by atomic mass is 9.76. The van der Waals surface area contributed by atoms with Crippen LogP contribution in [0.25, 0.3) is 0 Å². The fourth-order valence-corrected chi connectivity index (χ4v) is 3.75. The van der Waals surface area contributed by atoms with Crippen LogP contribution in [0.1, 0.15) is 76.7 Å². The van der Waals surface area contributed by atoms with Crippen molar-refractivity contribution >= 4 is 21.7 Å². The van der Waals surface area contributed by atoms with Crippen molar-refractivity contribution in [3.05, 3.63) is 16.0 Å². The topological polar surface area (TPSA) is 51.8 Å². The molecule has 0 unspecified atom stereocenters. The van der Waals surface area contributed by atoms with Gasteiger partial charge in [0.2, 0.25) is 0 Å². The van der Waals surface area contributed by atoms with E-state index in [9.17, 15) is 0 Å². The van der Waals surface area contributed by atoms with E-state index in [0.29, 0.717) is 17.7 Å². The molecule has 4 heteroatoms. The Kier molecular flexibility index (Phi) is 5.05. The lowest BCUT2D eigenvalue weighted by Crippen LogP contribution is -2.20. The number of hydrogen-bond acceptors (Lipinski definition) is 3. The van der Waals surface area contributed by atoms with Gasteiger partial charge >= 0.3 is 0 Å². The Bertz CT molecular complexity index is 463. The highest BCUT2D eigenvalue weighted by Crippen LogP contribution is 2.39. The molecule has 0 amide bonds. The number of hydrogen-bond donors (Lipinski definition) is 1. The van der Waals surface area contributed by atoms with Crippen molar-refractivity contribution in [2.24, 2.45) is 11.8 Å². The highest BCUT2D eigenvalue weighted by molar-refractivity contribution is 9.10. The zero-order chi connectivity index (χ0) is 14.9. The molecule has 1 aliphatic carbocycles. The second-order valence-corrected chi connectivity index (χ2v) is 7.47. The molecule has 1 aromatic rings. The molecule has 1 heterocycles. The van der Waals surface area contributed by atoms with Crippen LogP contribution in [-0.2, 0) is 0 Å². The number of anilines is 1. The molecule has 20 heavy (non-hydrogen) atoms. The van der Waals surface area contributed by atoms with Crippen LogP contribution < -0.4 is 5.73 Å². The van der Waals surface area contributed by atoms with E-state index >= 15 is 0 Å². The minimum absolute atomic E-state index is 0.362. The summed E-state index contributed by atoms with van der Waals surface area (Å²) in [6, 6.07) is 0. The Morgan fingerprint density at radius 1 is 1.05 bits per heavy atom. The third-order valence-electron chi connectivity index (χ3n) is 4.55. The minimum atomic E-state index is 0.362. The molecule has 1 fully saturated rings. The number of aromatic nitrogens is 2. The van der Waals surface area contributed by atoms with E-state index in [4.69, 9.17) is 10.7 Å². The van der Waals surface area contributed by atoms with Crippen LogP contribution in [0.3, 0.4) is 0 Å². The Balaban J connectivity index is 2.18. The van der Waals surface area contributed by atoms with E-state index in [1.165, 1.54) is 25.7 Å². The molecule has 0 atom stereocenters. The summed E-state index contributed by atoms with van der Waals surface area (Å²) in [6.45, 7) is 8.95. The molecule has 112 valence electrons. The Morgan fingerprint density at radius 3 is 2.15 bits per heavy atom. The SMILES string of the molecule is CC(C)c1nc(C2CCC(C(C)C)CC2)nc(N)c1Br. The van der Waals surface area contributed by atoms with Gasteiger partial charge in [0.1, 0.15) is 11.6 Å². The first-order valence-electron chi connectivity index (χ1n) is 7.73. The summed E-state index contributed by atoms with van der Waals surface area (Å²) in [7, 11) is 0. The number of nitrogen functional groups attached to an aromatic ring is 1. The number of nitrogens with two attached hydrogens (primary N) is 1. The highest BCUT2D eigenvalue weighted by Gasteiger charge is 2.27. The van der Waals surface area contributed by atoms with E-state index < -0.39 is 0 Å². The van der Waals surface area contributed by atoms with Crippen molar-refractivity contribution < 1.29 is 0 Å². The van der Waals surface area contributed by atoms with Gasteiger partial charge in [0, 0.05) is 5.92 Å². The Hall–Kier alpha value is -0.640. The van der Waals surface area contributed by atoms with E-state index in [1.54, 1.807) is 0 Å². The first-order valence-corrected chi connectivity index (χ1v) is 8.52. The van der Waals surface area contributed by atoms with E-state index in [0.717, 1.165) is 27.8 Å². The molecule has 2 N–H and O–H groups in total. The number of rotatable bonds is 3. The third kappa shape index (κ3) is 3.33. The highest BCUT2D eigenvalue weighted by atomic mass is 79.9. The molecule has 1 saturated carbocycles. The molecule has 0 bridgehead atoms. The van der Waals surface area contributed by atoms with Crippen LogP contribution in [0.2, 0.25) is 0 Å². The smallest absolute Gasteiger partial charge is 0.141 e. The van der Waals surface area contributed by atoms with E-state index in [2.05, 4.69) is 48.6 Å². The van der Waals surface area contributed by atoms with Crippen LogP contribution in [0.5, 0.6) is 0 Å². The van der Waals surface area contributed by atoms with Gasteiger partial charge in [-0.3, -0.25) is 0 Å². The fraction of sp³-hybridized carbons (Fsp3) is 0.750. The number of nitrogens with zero attached hydrogens (tertiary/aromatic N) is 2. The molecular weight excluding hydrogens is 314 g/mol. The zero-order valence-corrected chi connectivity index (χ0v) is 14.6. The molecular formula is C16H26BrN3. The van der Waals surface area contributed by atoms with Crippen LogP contribution in [0.15, 0.2) is 4.47 Å². The summed E-state index contributed by atoms with van der Waals surface area (Å²) in [6.07, 6.45) is 4.97. The van der Waals surface area contributed by atoms with Crippen LogP contribution in [0, 0.1) is 11.8 Å². The normalized spacial score (nSPS) is 23.6. The van der Waals surface area contributed by atoms with Crippen LogP contribution in [0.4, 0.5) is 5.82 Å². The molecule has 0 aliphatic heterocycles. The fourth-order valence-electron chi connectivity index (χ4n) is 3.11. The van der Waals surface area contributed by atoms with E-state index in [-0.39, 0.29) is 0 Å². The van der Waals surface area contributed by atoms with Gasteiger partial charge in [-0.2, -0.15) is 0 Å². The summed E-state index contributed by atoms with van der Waals surface area (Å²) in [5.74, 6) is 4.04. The van der Waals surface area contributed by atoms with Gasteiger partial charge in [0.25, 0.3) is 0 Å². The van der Waals surface area contributed by atoms with Crippen molar-refractivity contribution in [1.82, 2.24) is 9.97 Å². The predicted molar refractivity (Wildman–Crippen MR) is 87.8 cm³/mol. The van der Waals surface area contributed by atoms with Gasteiger partial charge in [0.15, 0.2) is 0 Å². The summed E-state index contributed by atoms with van der Waals surface area (Å²) >= 11 is 3.52. The summed E-state index contributed by atoms with van der Waals surface area (Å²) in [5.41, 5.74) is 7.08. The zero-order valence-electron chi connectivity index (χ0n) is 13.0. The van der Waals surface area contributed by atoms with Crippen molar-refractivity contribution in [2.75, 3.05) is 5.73 Å². The van der Waals surface area contributed by atoms with Crippen molar-refractivity contribution in [3.63, 3.8) is 0 Å². The molecule has 1 aliphatic rings. The molecule has 0 aromatic carbocycles. The molecule has 0 saturated heterocycles. The largest absolute Gasteiger partial charge is 0.383 e. The van der Waals surface area contributed by atoms with Gasteiger partial charge in [-0.25, -0.2) is 9.97 Å². The maximum absolute atomic E-state index is 6.04. The van der Waals surface area contributed by atoms with Crippen molar-refractivity contribution in [3.8, 4) is 0 Å². The quantitative estimate of drug-likeness (QED) is 0.854. The van der Waals surface area contributed by atoms with Gasteiger partial charge in [0.05, 0.1) is 10.2 Å². The van der Waals surface area contributed by atoms with Gasteiger partial charge in [-0.1, -0.05) is 27.7 Å². The molecule has 0 spiro atoms. The van der Waals surface area contributed by atoms with Gasteiger partial charge < -0.3 is 5.73 Å². The average Bonchev–Trinajstić information content (AvgIpc) is 2.41. The molecule has 3 nitrogen and oxygen atoms in total. The second-order valence-electron chi connectivity index (χ2n) is 6.68. The average molecular weight is 340 g/mol. The number of halogens is 1. The summed E-state index contributed by atoms with van der Waals surface area (Å²) < 4.78 is 0.868. The Morgan fingerprint density at radius 2 is 1.65 bits per heavy atom. The monoisotopic (exact) mass is 339 g/mol. The maximum Gasteiger partial charge on any atom is 0.141 e. The van der Waals surface area contributed by atoms with Gasteiger partial charge in [-0.05, 0) is 59.4 Å². The Labute approximate surface area is 130 Å². The molecule has 2 rings (SSSR count). The van der Waals surface area contributed by atoms with Crippen molar-refractivity contribution in [2.45, 2.75) is 65.2 Å². The van der Waals surface area contributed by atoms with Crippen LogP contribution in [-0.4, -0.2) is 9.97 Å². The predicted octanol–water partition coefficient (Wildman–Crippen LogP) is 4.87. The first-order chi connectivity index (χ1) is 9.40. The summed E-state index contributed by atoms with van der Waals surface area (Å²) in [5, 5.41) is 0. The lowest BCUT2D eigenvalue weighted by Gasteiger charge is -2.30. The van der Waals surface area contributed by atoms with Crippen LogP contribution >= 0.6 is 15.9 Å². The summed E-state index contributed by atoms with van der Waals surface area (Å²) in [4.78, 5) is 9.32. The first kappa shape index (κ1) is 15.7. The molecule has 0 radical (unpaired) electrons. The lowest BCUT2D eigenvalue weighted by molar-refractivity contribution is 0.254. The van der Waals surface area contributed by atoms with E-state index in [1.807, 2.05) is 0 Å². The van der Waals surface area contributed by atoms with Crippen molar-refractivity contribution in [1.29, 1.82) is 0 Å².